The molecule has 0 heterocycles. The van der Waals surface area contributed by atoms with Crippen molar-refractivity contribution in [1.82, 2.24) is 0 Å². The molecule has 0 aromatic carbocycles. The molecule has 0 unspecified atom stereocenters. The Morgan fingerprint density at radius 2 is 0.793 bits per heavy atom. The topological polar surface area (TPSA) is 52.6 Å². The van der Waals surface area contributed by atoms with Gasteiger partial charge in [0.05, 0.1) is 0 Å². The van der Waals surface area contributed by atoms with Crippen LogP contribution in [0.5, 0.6) is 0 Å². The molecule has 2 radical (unpaired) electrons. The first-order valence-corrected chi connectivity index (χ1v) is 12.2. The van der Waals surface area contributed by atoms with Gasteiger partial charge in [-0.2, -0.15) is 0 Å². The predicted molar refractivity (Wildman–Crippen MR) is 130 cm³/mol. The van der Waals surface area contributed by atoms with E-state index in [9.17, 15) is 9.59 Å². The van der Waals surface area contributed by atoms with Gasteiger partial charge in [0.2, 0.25) is 0 Å². The number of carbonyl (C=O) groups excluding carboxylic acids is 2. The maximum atomic E-state index is 10.4. The number of hydrogen-bond donors (Lipinski definition) is 0. The summed E-state index contributed by atoms with van der Waals surface area (Å²) >= 11 is 8.80. The molecule has 0 aliphatic carbocycles. The summed E-state index contributed by atoms with van der Waals surface area (Å²) in [6.07, 6.45) is 17.0. The van der Waals surface area contributed by atoms with Crippen molar-refractivity contribution >= 4 is 61.1 Å². The van der Waals surface area contributed by atoms with Crippen molar-refractivity contribution in [3.8, 4) is 0 Å². The zero-order valence-electron chi connectivity index (χ0n) is 19.3. The van der Waals surface area contributed by atoms with Crippen molar-refractivity contribution in [3.63, 3.8) is 0 Å². The Kier molecular flexibility index (Phi) is 45.5. The van der Waals surface area contributed by atoms with Crippen molar-refractivity contribution in [2.45, 2.75) is 105 Å². The molecule has 0 aromatic heterocycles. The van der Waals surface area contributed by atoms with E-state index in [1.165, 1.54) is 77.0 Å². The molecule has 7 heteroatoms. The zero-order valence-corrected chi connectivity index (χ0v) is 23.8. The molecule has 0 rings (SSSR count). The maximum absolute atomic E-state index is 10.4. The maximum Gasteiger partial charge on any atom is 2.00 e. The Labute approximate surface area is 208 Å². The molecule has 4 nitrogen and oxygen atoms in total. The van der Waals surface area contributed by atoms with E-state index in [1.807, 2.05) is 0 Å². The van der Waals surface area contributed by atoms with Gasteiger partial charge in [-0.25, -0.2) is 0 Å². The van der Waals surface area contributed by atoms with Crippen molar-refractivity contribution in [2.24, 2.45) is 0 Å². The molecule has 0 atom stereocenters. The summed E-state index contributed by atoms with van der Waals surface area (Å²) in [4.78, 5) is 20.9. The number of unbranched alkanes of at least 4 members (excludes halogenated alkanes) is 10. The van der Waals surface area contributed by atoms with Gasteiger partial charge in [0, 0.05) is 0 Å². The van der Waals surface area contributed by atoms with Crippen LogP contribution in [-0.2, 0) is 44.3 Å². The van der Waals surface area contributed by atoms with Crippen molar-refractivity contribution in [1.29, 1.82) is 0 Å². The quantitative estimate of drug-likeness (QED) is 0.115. The van der Waals surface area contributed by atoms with E-state index in [0.29, 0.717) is 0 Å². The van der Waals surface area contributed by atoms with E-state index in [1.54, 1.807) is 0 Å². The first-order valence-electron chi connectivity index (χ1n) is 11.0. The summed E-state index contributed by atoms with van der Waals surface area (Å²) in [5.74, 6) is -1.15. The molecular weight excluding hydrogens is 511 g/mol. The fraction of sp³-hybridized carbons (Fsp3) is 0.909. The summed E-state index contributed by atoms with van der Waals surface area (Å²) in [6, 6.07) is 0. The van der Waals surface area contributed by atoms with Crippen molar-refractivity contribution < 1.29 is 19.1 Å². The Morgan fingerprint density at radius 3 is 0.966 bits per heavy atom. The van der Waals surface area contributed by atoms with Gasteiger partial charge in [-0.15, -0.1) is 0 Å². The summed E-state index contributed by atoms with van der Waals surface area (Å²) < 4.78 is 9.06. The minimum Gasteiger partial charge on any atom is -0.782 e. The van der Waals surface area contributed by atoms with Crippen LogP contribution in [-0.4, -0.2) is 60.6 Å². The number of ether oxygens (including phenoxy) is 2. The van der Waals surface area contributed by atoms with Crippen LogP contribution in [0.2, 0.25) is 0 Å². The third-order valence-corrected chi connectivity index (χ3v) is 4.23. The van der Waals surface area contributed by atoms with Crippen LogP contribution < -0.4 is 0 Å². The molecule has 0 fully saturated rings. The van der Waals surface area contributed by atoms with Gasteiger partial charge in [-0.1, -0.05) is 116 Å². The molecule has 0 saturated carbocycles. The molecule has 0 aliphatic heterocycles. The zero-order chi connectivity index (χ0) is 21.9. The summed E-state index contributed by atoms with van der Waals surface area (Å²) in [7, 11) is 0. The fourth-order valence-electron chi connectivity index (χ4n) is 2.10. The number of esters is 2. The Hall–Kier alpha value is 0.439. The largest absolute Gasteiger partial charge is 2.00 e. The molecule has 0 amide bonds. The second-order valence-electron chi connectivity index (χ2n) is 6.56. The predicted octanol–water partition coefficient (Wildman–Crippen LogP) is 5.52. The van der Waals surface area contributed by atoms with E-state index in [0.717, 1.165) is 0 Å². The first-order chi connectivity index (χ1) is 13.5. The molecule has 0 aliphatic rings. The molecular formula is C22H44O4S2Sn. The van der Waals surface area contributed by atoms with Crippen LogP contribution in [0.3, 0.4) is 0 Å². The second kappa shape index (κ2) is 35.8. The number of hydrogen-bond acceptors (Lipinski definition) is 6. The summed E-state index contributed by atoms with van der Waals surface area (Å²) in [5, 5.41) is 0. The van der Waals surface area contributed by atoms with E-state index >= 15 is 0 Å². The van der Waals surface area contributed by atoms with E-state index in [2.05, 4.69) is 62.4 Å². The van der Waals surface area contributed by atoms with Gasteiger partial charge in [-0.05, 0) is 0 Å². The SMILES string of the molecule is CCCCCCCC.CCCCCCCC.O=C(C[S-])OCCOC(=O)C[S-].[Sn+2]. The van der Waals surface area contributed by atoms with Gasteiger partial charge in [0.15, 0.2) is 0 Å². The molecule has 0 spiro atoms. The van der Waals surface area contributed by atoms with Crippen LogP contribution in [0.4, 0.5) is 0 Å². The van der Waals surface area contributed by atoms with Crippen LogP contribution in [0.25, 0.3) is 0 Å². The average Bonchev–Trinajstić information content (AvgIpc) is 2.72. The molecule has 0 aromatic rings. The van der Waals surface area contributed by atoms with E-state index in [4.69, 9.17) is 0 Å². The average molecular weight is 555 g/mol. The Balaban J connectivity index is -0.000000164. The minimum atomic E-state index is -0.487. The number of rotatable bonds is 15. The summed E-state index contributed by atoms with van der Waals surface area (Å²) in [5.41, 5.74) is 0. The molecule has 0 bridgehead atoms. The van der Waals surface area contributed by atoms with Crippen molar-refractivity contribution in [3.05, 3.63) is 0 Å². The molecule has 0 saturated heterocycles. The van der Waals surface area contributed by atoms with Gasteiger partial charge < -0.3 is 34.7 Å². The van der Waals surface area contributed by atoms with Gasteiger partial charge in [-0.3, -0.25) is 9.59 Å². The monoisotopic (exact) mass is 556 g/mol. The van der Waals surface area contributed by atoms with Gasteiger partial charge in [0.1, 0.15) is 13.2 Å². The van der Waals surface area contributed by atoms with Crippen LogP contribution in [0.1, 0.15) is 105 Å². The normalized spacial score (nSPS) is 9.17. The smallest absolute Gasteiger partial charge is 0.782 e. The van der Waals surface area contributed by atoms with E-state index < -0.39 is 11.9 Å². The molecule has 29 heavy (non-hydrogen) atoms. The standard InChI is InChI=1S/2C8H18.C6H10O4S2.Sn/c2*1-3-5-7-8-6-4-2;7-5(3-11)9-1-2-10-6(8)4-12;/h2*3-8H2,1-2H3;11-12H,1-4H2;/q;;;+2/p-2. The number of carbonyl (C=O) groups is 2. The minimum absolute atomic E-state index is 0. The molecule has 0 N–H and O–H groups in total. The van der Waals surface area contributed by atoms with Crippen LogP contribution in [0.15, 0.2) is 0 Å². The Bertz CT molecular complexity index is 277. The summed E-state index contributed by atoms with van der Waals surface area (Å²) in [6.45, 7) is 9.10. The second-order valence-corrected chi connectivity index (χ2v) is 7.14. The van der Waals surface area contributed by atoms with Gasteiger partial charge >= 0.3 is 23.9 Å². The van der Waals surface area contributed by atoms with Crippen LogP contribution in [0, 0.1) is 0 Å². The van der Waals surface area contributed by atoms with E-state index in [-0.39, 0.29) is 48.6 Å². The first kappa shape index (κ1) is 36.8. The third kappa shape index (κ3) is 43.3. The molecule has 172 valence electrons. The Morgan fingerprint density at radius 1 is 0.552 bits per heavy atom. The van der Waals surface area contributed by atoms with Gasteiger partial charge in [0.25, 0.3) is 11.9 Å². The third-order valence-electron chi connectivity index (χ3n) is 3.76. The fourth-order valence-corrected chi connectivity index (χ4v) is 2.27. The van der Waals surface area contributed by atoms with Crippen molar-refractivity contribution in [2.75, 3.05) is 24.7 Å². The van der Waals surface area contributed by atoms with Crippen LogP contribution >= 0.6 is 0 Å².